The molecule has 1 aliphatic rings. The molecule has 2 N–H and O–H groups in total. The topological polar surface area (TPSA) is 51.3 Å². The van der Waals surface area contributed by atoms with Gasteiger partial charge in [0.15, 0.2) is 0 Å². The smallest absolute Gasteiger partial charge is 0.242 e. The van der Waals surface area contributed by atoms with Gasteiger partial charge in [-0.05, 0) is 25.0 Å². The van der Waals surface area contributed by atoms with Gasteiger partial charge >= 0.3 is 0 Å². The monoisotopic (exact) mass is 271 g/mol. The molecule has 1 aliphatic heterocycles. The van der Waals surface area contributed by atoms with Crippen molar-refractivity contribution in [2.45, 2.75) is 32.2 Å². The Kier molecular flexibility index (Phi) is 3.63. The largest absolute Gasteiger partial charge is 0.397 e. The van der Waals surface area contributed by atoms with Crippen molar-refractivity contribution in [1.82, 2.24) is 9.47 Å². The minimum Gasteiger partial charge on any atom is -0.397 e. The summed E-state index contributed by atoms with van der Waals surface area (Å²) in [7, 11) is 0. The highest BCUT2D eigenvalue weighted by Crippen LogP contribution is 2.22. The number of benzene rings is 1. The number of fused-ring (bicyclic) bond motifs is 1. The molecular weight excluding hydrogens is 250 g/mol. The number of carbonyl (C=O) groups is 1. The maximum Gasteiger partial charge on any atom is 0.242 e. The van der Waals surface area contributed by atoms with Crippen LogP contribution in [0.1, 0.15) is 25.7 Å². The first-order valence-electron chi connectivity index (χ1n) is 7.37. The van der Waals surface area contributed by atoms with Crippen LogP contribution in [0, 0.1) is 0 Å². The number of likely N-dealkylation sites (tertiary alicyclic amines) is 1. The van der Waals surface area contributed by atoms with Gasteiger partial charge in [0.2, 0.25) is 5.91 Å². The van der Waals surface area contributed by atoms with Crippen molar-refractivity contribution >= 4 is 22.5 Å². The van der Waals surface area contributed by atoms with E-state index in [1.807, 2.05) is 39.9 Å². The number of hydrogen-bond acceptors (Lipinski definition) is 2. The summed E-state index contributed by atoms with van der Waals surface area (Å²) in [5, 5.41) is 1.09. The number of anilines is 1. The first kappa shape index (κ1) is 13.0. The van der Waals surface area contributed by atoms with Gasteiger partial charge in [-0.25, -0.2) is 0 Å². The Morgan fingerprint density at radius 3 is 2.60 bits per heavy atom. The number of amides is 1. The molecule has 0 bridgehead atoms. The van der Waals surface area contributed by atoms with Gasteiger partial charge in [-0.3, -0.25) is 4.79 Å². The molecule has 1 fully saturated rings. The number of para-hydroxylation sites is 1. The third-order valence-electron chi connectivity index (χ3n) is 4.08. The minimum atomic E-state index is 0.202. The zero-order valence-corrected chi connectivity index (χ0v) is 11.7. The Morgan fingerprint density at radius 1 is 1.10 bits per heavy atom. The van der Waals surface area contributed by atoms with Gasteiger partial charge in [0, 0.05) is 24.7 Å². The van der Waals surface area contributed by atoms with E-state index in [2.05, 4.69) is 0 Å². The highest BCUT2D eigenvalue weighted by Gasteiger charge is 2.16. The lowest BCUT2D eigenvalue weighted by Crippen LogP contribution is -2.34. The van der Waals surface area contributed by atoms with E-state index in [0.29, 0.717) is 6.54 Å². The average molecular weight is 271 g/mol. The predicted octanol–water partition coefficient (Wildman–Crippen LogP) is 2.63. The van der Waals surface area contributed by atoms with Gasteiger partial charge in [0.05, 0.1) is 11.2 Å². The maximum atomic E-state index is 12.4. The summed E-state index contributed by atoms with van der Waals surface area (Å²) in [6.07, 6.45) is 6.68. The molecule has 0 saturated carbocycles. The van der Waals surface area contributed by atoms with Crippen molar-refractivity contribution in [3.8, 4) is 0 Å². The van der Waals surface area contributed by atoms with E-state index in [1.54, 1.807) is 0 Å². The molecule has 4 nitrogen and oxygen atoms in total. The van der Waals surface area contributed by atoms with Crippen LogP contribution in [0.3, 0.4) is 0 Å². The van der Waals surface area contributed by atoms with E-state index in [-0.39, 0.29) is 5.91 Å². The lowest BCUT2D eigenvalue weighted by molar-refractivity contribution is -0.131. The highest BCUT2D eigenvalue weighted by molar-refractivity contribution is 5.91. The second-order valence-corrected chi connectivity index (χ2v) is 5.52. The number of carbonyl (C=O) groups excluding carboxylic acids is 1. The lowest BCUT2D eigenvalue weighted by Gasteiger charge is -2.21. The summed E-state index contributed by atoms with van der Waals surface area (Å²) >= 11 is 0. The SMILES string of the molecule is Nc1cccc2ccn(CC(=O)N3CCCCCC3)c12. The molecule has 0 spiro atoms. The van der Waals surface area contributed by atoms with Crippen LogP contribution in [0.4, 0.5) is 5.69 Å². The standard InChI is InChI=1S/C16H21N3O/c17-14-7-5-6-13-8-11-19(16(13)14)12-15(20)18-9-3-1-2-4-10-18/h5-8,11H,1-4,9-10,12,17H2. The Morgan fingerprint density at radius 2 is 1.85 bits per heavy atom. The van der Waals surface area contributed by atoms with Crippen LogP contribution in [0.5, 0.6) is 0 Å². The summed E-state index contributed by atoms with van der Waals surface area (Å²) in [6, 6.07) is 7.87. The molecule has 20 heavy (non-hydrogen) atoms. The second-order valence-electron chi connectivity index (χ2n) is 5.52. The van der Waals surface area contributed by atoms with Gasteiger partial charge in [0.25, 0.3) is 0 Å². The third kappa shape index (κ3) is 2.50. The summed E-state index contributed by atoms with van der Waals surface area (Å²) in [5.41, 5.74) is 7.74. The number of aromatic nitrogens is 1. The molecule has 1 saturated heterocycles. The van der Waals surface area contributed by atoms with Crippen LogP contribution in [-0.4, -0.2) is 28.5 Å². The van der Waals surface area contributed by atoms with Gasteiger partial charge < -0.3 is 15.2 Å². The molecule has 0 aliphatic carbocycles. The van der Waals surface area contributed by atoms with Crippen molar-refractivity contribution < 1.29 is 4.79 Å². The second kappa shape index (κ2) is 5.57. The number of hydrogen-bond donors (Lipinski definition) is 1. The minimum absolute atomic E-state index is 0.202. The Labute approximate surface area is 119 Å². The number of nitrogens with two attached hydrogens (primary N) is 1. The van der Waals surface area contributed by atoms with Crippen molar-refractivity contribution in [1.29, 1.82) is 0 Å². The summed E-state index contributed by atoms with van der Waals surface area (Å²) in [5.74, 6) is 0.202. The predicted molar refractivity (Wildman–Crippen MR) is 81.4 cm³/mol. The number of rotatable bonds is 2. The van der Waals surface area contributed by atoms with Crippen LogP contribution < -0.4 is 5.73 Å². The highest BCUT2D eigenvalue weighted by atomic mass is 16.2. The Bertz CT molecular complexity index is 609. The summed E-state index contributed by atoms with van der Waals surface area (Å²) in [4.78, 5) is 14.4. The Balaban J connectivity index is 1.80. The van der Waals surface area contributed by atoms with Gasteiger partial charge in [-0.2, -0.15) is 0 Å². The molecular formula is C16H21N3O. The summed E-state index contributed by atoms with van der Waals surface area (Å²) in [6.45, 7) is 2.18. The van der Waals surface area contributed by atoms with E-state index in [9.17, 15) is 4.79 Å². The molecule has 0 radical (unpaired) electrons. The fraction of sp³-hybridized carbons (Fsp3) is 0.438. The molecule has 1 aromatic carbocycles. The van der Waals surface area contributed by atoms with Crippen molar-refractivity contribution in [2.24, 2.45) is 0 Å². The lowest BCUT2D eigenvalue weighted by atomic mass is 10.2. The fourth-order valence-electron chi connectivity index (χ4n) is 2.99. The molecule has 1 amide bonds. The van der Waals surface area contributed by atoms with E-state index >= 15 is 0 Å². The van der Waals surface area contributed by atoms with E-state index < -0.39 is 0 Å². The Hall–Kier alpha value is -1.97. The van der Waals surface area contributed by atoms with Crippen molar-refractivity contribution in [2.75, 3.05) is 18.8 Å². The average Bonchev–Trinajstić information content (AvgIpc) is 2.69. The molecule has 2 aromatic rings. The molecule has 2 heterocycles. The zero-order valence-electron chi connectivity index (χ0n) is 11.7. The van der Waals surface area contributed by atoms with Crippen molar-refractivity contribution in [3.05, 3.63) is 30.5 Å². The van der Waals surface area contributed by atoms with E-state index in [4.69, 9.17) is 5.73 Å². The van der Waals surface area contributed by atoms with Crippen LogP contribution in [0.15, 0.2) is 30.5 Å². The first-order chi connectivity index (χ1) is 9.75. The number of nitrogens with zero attached hydrogens (tertiary/aromatic N) is 2. The fourth-order valence-corrected chi connectivity index (χ4v) is 2.99. The van der Waals surface area contributed by atoms with Crippen LogP contribution >= 0.6 is 0 Å². The van der Waals surface area contributed by atoms with Crippen LogP contribution in [0.25, 0.3) is 10.9 Å². The van der Waals surface area contributed by atoms with E-state index in [1.165, 1.54) is 12.8 Å². The molecule has 3 rings (SSSR count). The van der Waals surface area contributed by atoms with Crippen LogP contribution in [0.2, 0.25) is 0 Å². The van der Waals surface area contributed by atoms with Gasteiger partial charge in [-0.15, -0.1) is 0 Å². The normalized spacial score (nSPS) is 16.3. The van der Waals surface area contributed by atoms with Gasteiger partial charge in [0.1, 0.15) is 6.54 Å². The quantitative estimate of drug-likeness (QED) is 0.854. The first-order valence-corrected chi connectivity index (χ1v) is 7.37. The molecule has 4 heteroatoms. The van der Waals surface area contributed by atoms with Crippen LogP contribution in [-0.2, 0) is 11.3 Å². The number of nitrogen functional groups attached to an aromatic ring is 1. The molecule has 1 aromatic heterocycles. The zero-order chi connectivity index (χ0) is 13.9. The maximum absolute atomic E-state index is 12.4. The van der Waals surface area contributed by atoms with Crippen molar-refractivity contribution in [3.63, 3.8) is 0 Å². The molecule has 0 unspecified atom stereocenters. The third-order valence-corrected chi connectivity index (χ3v) is 4.08. The van der Waals surface area contributed by atoms with Gasteiger partial charge in [-0.1, -0.05) is 25.0 Å². The van der Waals surface area contributed by atoms with E-state index in [0.717, 1.165) is 42.5 Å². The summed E-state index contributed by atoms with van der Waals surface area (Å²) < 4.78 is 1.97. The molecule has 106 valence electrons. The molecule has 0 atom stereocenters.